The van der Waals surface area contributed by atoms with Crippen LogP contribution in [0.1, 0.15) is 60.6 Å². The first-order valence-corrected chi connectivity index (χ1v) is 13.1. The number of aromatic carboxylic acids is 1. The van der Waals surface area contributed by atoms with E-state index in [4.69, 9.17) is 15.2 Å². The largest absolute Gasteiger partial charge is 0.535 e. The number of carbonyl (C=O) groups excluding carboxylic acids is 2. The highest BCUT2D eigenvalue weighted by atomic mass is 32.1. The van der Waals surface area contributed by atoms with E-state index in [9.17, 15) is 34.4 Å². The van der Waals surface area contributed by atoms with Crippen molar-refractivity contribution in [1.82, 2.24) is 10.3 Å². The molecule has 2 atom stereocenters. The van der Waals surface area contributed by atoms with Gasteiger partial charge in [-0.15, -0.1) is 11.3 Å². The Morgan fingerprint density at radius 1 is 1.31 bits per heavy atom. The lowest BCUT2D eigenvalue weighted by Gasteiger charge is -2.28. The number of thiazole rings is 1. The van der Waals surface area contributed by atoms with Crippen LogP contribution in [0.15, 0.2) is 28.7 Å². The Bertz CT molecular complexity index is 1250. The molecule has 0 unspecified atom stereocenters. The molecule has 1 aliphatic heterocycles. The number of fused-ring (bicyclic) bond motifs is 1. The summed E-state index contributed by atoms with van der Waals surface area (Å²) >= 11 is 1.06. The van der Waals surface area contributed by atoms with Crippen molar-refractivity contribution in [1.29, 1.82) is 0 Å². The molecule has 0 bridgehead atoms. The maximum atomic E-state index is 13.2. The maximum absolute atomic E-state index is 13.2. The molecule has 0 aliphatic carbocycles. The minimum absolute atomic E-state index is 0.0473. The number of hydrogen-bond donors (Lipinski definition) is 5. The number of Topliss-reactive ketones (excluding diaryl/α,β-unsaturated/α-hetero) is 1. The van der Waals surface area contributed by atoms with Crippen LogP contribution in [0.2, 0.25) is 5.82 Å². The van der Waals surface area contributed by atoms with E-state index in [1.165, 1.54) is 11.4 Å². The smallest absolute Gasteiger partial charge is 0.526 e. The lowest BCUT2D eigenvalue weighted by molar-refractivity contribution is -0.142. The van der Waals surface area contributed by atoms with Gasteiger partial charge in [-0.25, -0.2) is 14.6 Å². The van der Waals surface area contributed by atoms with Crippen LogP contribution in [0.25, 0.3) is 0 Å². The normalized spacial score (nSPS) is 15.6. The molecule has 0 radical (unpaired) electrons. The number of oxime groups is 1. The molecule has 1 amide bonds. The van der Waals surface area contributed by atoms with E-state index in [-0.39, 0.29) is 47.1 Å². The van der Waals surface area contributed by atoms with Gasteiger partial charge in [-0.05, 0) is 24.5 Å². The third kappa shape index (κ3) is 8.00. The number of aliphatic carboxylic acids is 1. The van der Waals surface area contributed by atoms with Crippen LogP contribution in [-0.2, 0) is 25.6 Å². The quantitative estimate of drug-likeness (QED) is 0.0972. The van der Waals surface area contributed by atoms with Crippen LogP contribution in [-0.4, -0.2) is 69.3 Å². The van der Waals surface area contributed by atoms with Gasteiger partial charge in [-0.2, -0.15) is 0 Å². The van der Waals surface area contributed by atoms with E-state index in [0.717, 1.165) is 24.2 Å². The Morgan fingerprint density at radius 3 is 2.72 bits per heavy atom. The van der Waals surface area contributed by atoms with Crippen LogP contribution in [0.4, 0.5) is 5.13 Å². The third-order valence-electron chi connectivity index (χ3n) is 6.01. The van der Waals surface area contributed by atoms with Crippen molar-refractivity contribution in [3.05, 3.63) is 40.4 Å². The minimum atomic E-state index is -1.46. The molecule has 1 aromatic heterocycles. The summed E-state index contributed by atoms with van der Waals surface area (Å²) in [6.45, 7) is 1.33. The Kier molecular flexibility index (Phi) is 10.4. The Balaban J connectivity index is 1.69. The Hall–Kier alpha value is -3.98. The number of carboxylic acid groups (broad SMARTS) is 2. The predicted octanol–water partition coefficient (Wildman–Crippen LogP) is 1.74. The molecule has 39 heavy (non-hydrogen) atoms. The molecule has 13 nitrogen and oxygen atoms in total. The van der Waals surface area contributed by atoms with Crippen LogP contribution in [0.5, 0.6) is 5.75 Å². The van der Waals surface area contributed by atoms with Crippen molar-refractivity contribution in [3.63, 3.8) is 0 Å². The minimum Gasteiger partial charge on any atom is -0.535 e. The number of ketones is 1. The SMILES string of the molecule is CCCCC[C@H](NC(=O)CO/N=C(\C(=O)C[C@H]1Cc2cccc(C(=O)O)c2OB1O)c1csc(N)n1)C(=O)O. The Morgan fingerprint density at radius 2 is 2.08 bits per heavy atom. The number of carboxylic acids is 2. The van der Waals surface area contributed by atoms with Crippen LogP contribution >= 0.6 is 11.3 Å². The molecule has 0 fully saturated rings. The van der Waals surface area contributed by atoms with Gasteiger partial charge >= 0.3 is 19.1 Å². The number of nitrogen functional groups attached to an aromatic ring is 1. The standard InChI is InChI=1S/C24H29BN4O9S/c1-2-3-4-8-16(23(34)35)27-19(31)11-37-29-20(17-12-39-24(26)28-17)18(30)10-14-9-13-6-5-7-15(22(32)33)21(13)38-25(14)36/h5-7,12,14,16,36H,2-4,8-11H2,1H3,(H2,26,28)(H,27,31)(H,32,33)(H,34,35)/b29-20-/t14-,16+/m1/s1. The van der Waals surface area contributed by atoms with E-state index in [1.807, 2.05) is 6.92 Å². The first-order valence-electron chi connectivity index (χ1n) is 12.3. The summed E-state index contributed by atoms with van der Waals surface area (Å²) in [4.78, 5) is 57.5. The second-order valence-electron chi connectivity index (χ2n) is 8.94. The van der Waals surface area contributed by atoms with Crippen LogP contribution in [0, 0.1) is 0 Å². The zero-order valence-electron chi connectivity index (χ0n) is 21.2. The van der Waals surface area contributed by atoms with Crippen LogP contribution in [0.3, 0.4) is 0 Å². The monoisotopic (exact) mass is 560 g/mol. The lowest BCUT2D eigenvalue weighted by Crippen LogP contribution is -2.42. The number of benzene rings is 1. The van der Waals surface area contributed by atoms with Gasteiger partial charge in [0.05, 0.1) is 5.56 Å². The van der Waals surface area contributed by atoms with Gasteiger partial charge in [-0.3, -0.25) is 9.59 Å². The molecule has 15 heteroatoms. The number of amides is 1. The van der Waals surface area contributed by atoms with Crippen molar-refractivity contribution in [2.75, 3.05) is 12.3 Å². The third-order valence-corrected chi connectivity index (χ3v) is 6.68. The molecular weight excluding hydrogens is 531 g/mol. The van der Waals surface area contributed by atoms with E-state index >= 15 is 0 Å². The number of nitrogens with two attached hydrogens (primary N) is 1. The zero-order chi connectivity index (χ0) is 28.5. The number of nitrogens with one attached hydrogen (secondary N) is 1. The summed E-state index contributed by atoms with van der Waals surface area (Å²) in [5.74, 6) is -4.38. The first kappa shape index (κ1) is 29.6. The molecular formula is C24H29BN4O9S. The van der Waals surface area contributed by atoms with Gasteiger partial charge in [0.15, 0.2) is 23.2 Å². The second-order valence-corrected chi connectivity index (χ2v) is 9.83. The molecule has 2 heterocycles. The number of carbonyl (C=O) groups is 4. The van der Waals surface area contributed by atoms with Crippen molar-refractivity contribution in [3.8, 4) is 5.75 Å². The zero-order valence-corrected chi connectivity index (χ0v) is 22.0. The molecule has 208 valence electrons. The number of anilines is 1. The van der Waals surface area contributed by atoms with Crippen molar-refractivity contribution < 1.29 is 43.9 Å². The molecule has 2 aromatic rings. The van der Waals surface area contributed by atoms with E-state index in [2.05, 4.69) is 15.5 Å². The van der Waals surface area contributed by atoms with E-state index in [1.54, 1.807) is 12.1 Å². The van der Waals surface area contributed by atoms with Gasteiger partial charge in [0.25, 0.3) is 5.91 Å². The molecule has 0 saturated heterocycles. The fraction of sp³-hybridized carbons (Fsp3) is 0.417. The highest BCUT2D eigenvalue weighted by Crippen LogP contribution is 2.36. The summed E-state index contributed by atoms with van der Waals surface area (Å²) in [5, 5.41) is 37.0. The van der Waals surface area contributed by atoms with Gasteiger partial charge in [0.1, 0.15) is 17.5 Å². The number of aromatic nitrogens is 1. The summed E-state index contributed by atoms with van der Waals surface area (Å²) < 4.78 is 5.45. The molecule has 0 spiro atoms. The lowest BCUT2D eigenvalue weighted by atomic mass is 9.64. The molecule has 3 rings (SSSR count). The highest BCUT2D eigenvalue weighted by molar-refractivity contribution is 7.13. The number of nitrogens with zero attached hydrogens (tertiary/aromatic N) is 2. The van der Waals surface area contributed by atoms with Gasteiger partial charge in [0, 0.05) is 17.6 Å². The summed E-state index contributed by atoms with van der Waals surface area (Å²) in [6.07, 6.45) is 2.53. The Labute approximate surface area is 228 Å². The fourth-order valence-electron chi connectivity index (χ4n) is 4.05. The summed E-state index contributed by atoms with van der Waals surface area (Å²) in [6, 6.07) is 3.47. The molecule has 1 aliphatic rings. The second kappa shape index (κ2) is 13.7. The average Bonchev–Trinajstić information content (AvgIpc) is 3.31. The molecule has 1 aromatic carbocycles. The van der Waals surface area contributed by atoms with Crippen LogP contribution < -0.4 is 15.7 Å². The highest BCUT2D eigenvalue weighted by Gasteiger charge is 2.39. The predicted molar refractivity (Wildman–Crippen MR) is 142 cm³/mol. The maximum Gasteiger partial charge on any atom is 0.526 e. The van der Waals surface area contributed by atoms with E-state index < -0.39 is 49.2 Å². The van der Waals surface area contributed by atoms with Gasteiger partial charge < -0.3 is 35.8 Å². The van der Waals surface area contributed by atoms with Crippen molar-refractivity contribution in [2.45, 2.75) is 57.3 Å². The van der Waals surface area contributed by atoms with Gasteiger partial charge in [-0.1, -0.05) is 43.5 Å². The number of hydrogen-bond acceptors (Lipinski definition) is 11. The fourth-order valence-corrected chi connectivity index (χ4v) is 4.59. The van der Waals surface area contributed by atoms with E-state index in [0.29, 0.717) is 12.0 Å². The van der Waals surface area contributed by atoms with Crippen molar-refractivity contribution >= 4 is 52.9 Å². The number of para-hydroxylation sites is 1. The summed E-state index contributed by atoms with van der Waals surface area (Å²) in [7, 11) is -1.46. The van der Waals surface area contributed by atoms with Crippen molar-refractivity contribution in [2.24, 2.45) is 5.16 Å². The average molecular weight is 560 g/mol. The number of unbranched alkanes of at least 4 members (excludes halogenated alkanes) is 2. The molecule has 6 N–H and O–H groups in total. The summed E-state index contributed by atoms with van der Waals surface area (Å²) in [5.41, 5.74) is 5.98. The van der Waals surface area contributed by atoms with Gasteiger partial charge in [0.2, 0.25) is 0 Å². The molecule has 0 saturated carbocycles. The topological polar surface area (TPSA) is 211 Å². The first-order chi connectivity index (χ1) is 18.6. The number of rotatable bonds is 14.